The molecule has 0 unspecified atom stereocenters. The lowest BCUT2D eigenvalue weighted by Gasteiger charge is -2.35. The summed E-state index contributed by atoms with van der Waals surface area (Å²) in [5, 5.41) is 24.6. The zero-order chi connectivity index (χ0) is 35.2. The number of nitro groups is 2. The Balaban J connectivity index is 1.20. The maximum atomic E-state index is 13.1. The van der Waals surface area contributed by atoms with E-state index in [-0.39, 0.29) is 46.3 Å². The highest BCUT2D eigenvalue weighted by Gasteiger charge is 2.31. The van der Waals surface area contributed by atoms with E-state index in [1.807, 2.05) is 12.1 Å². The number of rotatable bonds is 12. The molecule has 0 N–H and O–H groups in total. The fraction of sp³-hybridized carbons (Fsp3) is 0.649. The van der Waals surface area contributed by atoms with Gasteiger partial charge < -0.3 is 29.1 Å². The van der Waals surface area contributed by atoms with E-state index in [9.17, 15) is 25.0 Å². The van der Waals surface area contributed by atoms with Gasteiger partial charge >= 0.3 is 6.16 Å². The maximum Gasteiger partial charge on any atom is 0.508 e. The van der Waals surface area contributed by atoms with Gasteiger partial charge in [-0.2, -0.15) is 0 Å². The van der Waals surface area contributed by atoms with Crippen LogP contribution in [-0.4, -0.2) is 91.2 Å². The highest BCUT2D eigenvalue weighted by Crippen LogP contribution is 2.43. The van der Waals surface area contributed by atoms with Crippen LogP contribution in [0.4, 0.5) is 27.5 Å². The van der Waals surface area contributed by atoms with E-state index >= 15 is 0 Å². The average Bonchev–Trinajstić information content (AvgIpc) is 3.88. The second-order valence-corrected chi connectivity index (χ2v) is 14.2. The lowest BCUT2D eigenvalue weighted by molar-refractivity contribution is -0.384. The van der Waals surface area contributed by atoms with Crippen LogP contribution < -0.4 is 9.80 Å². The summed E-state index contributed by atoms with van der Waals surface area (Å²) in [7, 11) is 0. The number of likely N-dealkylation sites (N-methyl/N-ethyl adjacent to an activating group) is 2. The Morgan fingerprint density at radius 1 is 0.640 bits per heavy atom. The zero-order valence-electron chi connectivity index (χ0n) is 29.6. The first-order valence-corrected chi connectivity index (χ1v) is 18.6. The average molecular weight is 693 g/mol. The highest BCUT2D eigenvalue weighted by molar-refractivity contribution is 5.69. The van der Waals surface area contributed by atoms with Gasteiger partial charge in [0.1, 0.15) is 24.6 Å². The van der Waals surface area contributed by atoms with E-state index < -0.39 is 6.16 Å². The molecule has 272 valence electrons. The van der Waals surface area contributed by atoms with Crippen LogP contribution in [0.15, 0.2) is 24.3 Å². The monoisotopic (exact) mass is 692 g/mol. The van der Waals surface area contributed by atoms with Gasteiger partial charge in [0.15, 0.2) is 0 Å². The molecule has 13 heteroatoms. The minimum absolute atomic E-state index is 0.0216. The lowest BCUT2D eigenvalue weighted by atomic mass is 9.91. The molecule has 4 aliphatic rings. The minimum atomic E-state index is -0.899. The molecule has 2 saturated carbocycles. The molecule has 2 aromatic rings. The van der Waals surface area contributed by atoms with Crippen molar-refractivity contribution in [2.75, 3.05) is 75.2 Å². The van der Waals surface area contributed by atoms with Crippen molar-refractivity contribution in [3.05, 3.63) is 66.7 Å². The van der Waals surface area contributed by atoms with Gasteiger partial charge in [0.05, 0.1) is 9.85 Å². The van der Waals surface area contributed by atoms with E-state index in [1.54, 1.807) is 12.1 Å². The first-order valence-electron chi connectivity index (χ1n) is 18.6. The molecular weight excluding hydrogens is 640 g/mol. The molecule has 0 spiro atoms. The summed E-state index contributed by atoms with van der Waals surface area (Å²) in [6.07, 6.45) is 7.45. The number of piperazine rings is 2. The Kier molecular flexibility index (Phi) is 11.7. The molecule has 2 aromatic carbocycles. The van der Waals surface area contributed by atoms with Gasteiger partial charge in [0.25, 0.3) is 11.4 Å². The number of hydrogen-bond donors (Lipinski definition) is 0. The van der Waals surface area contributed by atoms with Crippen molar-refractivity contribution in [2.45, 2.75) is 90.3 Å². The topological polar surface area (TPSA) is 135 Å². The van der Waals surface area contributed by atoms with Crippen molar-refractivity contribution in [3.8, 4) is 0 Å². The van der Waals surface area contributed by atoms with Gasteiger partial charge in [-0.25, -0.2) is 4.79 Å². The molecule has 50 heavy (non-hydrogen) atoms. The fourth-order valence-electron chi connectivity index (χ4n) is 8.48. The van der Waals surface area contributed by atoms with Crippen LogP contribution in [0.2, 0.25) is 0 Å². The van der Waals surface area contributed by atoms with Crippen molar-refractivity contribution in [2.24, 2.45) is 0 Å². The Bertz CT molecular complexity index is 1410. The lowest BCUT2D eigenvalue weighted by Crippen LogP contribution is -2.46. The van der Waals surface area contributed by atoms with Crippen molar-refractivity contribution in [3.63, 3.8) is 0 Å². The normalized spacial score (nSPS) is 19.6. The summed E-state index contributed by atoms with van der Waals surface area (Å²) >= 11 is 0. The van der Waals surface area contributed by atoms with Gasteiger partial charge in [0.2, 0.25) is 0 Å². The Hall–Kier alpha value is -3.97. The van der Waals surface area contributed by atoms with Gasteiger partial charge in [0, 0.05) is 64.5 Å². The summed E-state index contributed by atoms with van der Waals surface area (Å²) < 4.78 is 11.3. The summed E-state index contributed by atoms with van der Waals surface area (Å²) in [5.41, 5.74) is 4.58. The first kappa shape index (κ1) is 35.8. The Labute approximate surface area is 294 Å². The van der Waals surface area contributed by atoms with Crippen molar-refractivity contribution in [1.82, 2.24) is 9.80 Å². The van der Waals surface area contributed by atoms with Crippen LogP contribution in [0.25, 0.3) is 0 Å². The van der Waals surface area contributed by atoms with Crippen molar-refractivity contribution >= 4 is 28.9 Å². The molecule has 2 heterocycles. The van der Waals surface area contributed by atoms with Gasteiger partial charge in [-0.1, -0.05) is 39.5 Å². The SMILES string of the molecule is CCN1CCN(c2cc(C3CCCC3)c(COC(=O)OCc3cc([N+](=O)[O-])c(N4CCN(CC)CC4)cc3C3CCCC3)cc2[N+](=O)[O-])CC1. The molecule has 0 amide bonds. The first-order chi connectivity index (χ1) is 24.2. The summed E-state index contributed by atoms with van der Waals surface area (Å²) in [5.74, 6) is 0.498. The van der Waals surface area contributed by atoms with Crippen LogP contribution in [0.1, 0.15) is 99.3 Å². The van der Waals surface area contributed by atoms with Gasteiger partial charge in [-0.3, -0.25) is 20.2 Å². The third-order valence-corrected chi connectivity index (χ3v) is 11.5. The largest absolute Gasteiger partial charge is 0.508 e. The van der Waals surface area contributed by atoms with E-state index in [0.29, 0.717) is 22.5 Å². The summed E-state index contributed by atoms with van der Waals surface area (Å²) in [4.78, 5) is 46.0. The van der Waals surface area contributed by atoms with Crippen molar-refractivity contribution in [1.29, 1.82) is 0 Å². The number of nitro benzene ring substituents is 2. The molecule has 13 nitrogen and oxygen atoms in total. The van der Waals surface area contributed by atoms with Crippen LogP contribution in [0.3, 0.4) is 0 Å². The third-order valence-electron chi connectivity index (χ3n) is 11.5. The molecule has 6 rings (SSSR count). The maximum absolute atomic E-state index is 13.1. The number of hydrogen-bond acceptors (Lipinski definition) is 11. The summed E-state index contributed by atoms with van der Waals surface area (Å²) in [6.45, 7) is 12.2. The van der Waals surface area contributed by atoms with Crippen LogP contribution >= 0.6 is 0 Å². The van der Waals surface area contributed by atoms with Crippen LogP contribution in [0, 0.1) is 20.2 Å². The predicted octanol–water partition coefficient (Wildman–Crippen LogP) is 6.96. The number of ether oxygens (including phenoxy) is 2. The second-order valence-electron chi connectivity index (χ2n) is 14.2. The number of anilines is 2. The van der Waals surface area contributed by atoms with Gasteiger partial charge in [-0.05, 0) is 85.0 Å². The van der Waals surface area contributed by atoms with E-state index in [4.69, 9.17) is 9.47 Å². The quantitative estimate of drug-likeness (QED) is 0.130. The third kappa shape index (κ3) is 8.15. The fourth-order valence-corrected chi connectivity index (χ4v) is 8.48. The predicted molar refractivity (Wildman–Crippen MR) is 192 cm³/mol. The molecule has 2 saturated heterocycles. The van der Waals surface area contributed by atoms with Crippen LogP contribution in [0.5, 0.6) is 0 Å². The molecule has 0 bridgehead atoms. The van der Waals surface area contributed by atoms with Gasteiger partial charge in [-0.15, -0.1) is 0 Å². The second kappa shape index (κ2) is 16.4. The number of benzene rings is 2. The Morgan fingerprint density at radius 3 is 1.32 bits per heavy atom. The molecule has 0 atom stereocenters. The van der Waals surface area contributed by atoms with E-state index in [1.165, 1.54) is 0 Å². The standard InChI is InChI=1S/C37H52N6O7/c1-3-38-13-17-40(18-14-38)33-23-31(27-9-5-6-10-27)29(21-35(33)42(45)46)25-49-37(44)50-26-30-22-36(43(47)48)34(24-32(30)28-11-7-8-12-28)41-19-15-39(4-2)16-20-41/h21-24,27-28H,3-20,25-26H2,1-2H3. The van der Waals surface area contributed by atoms with Crippen molar-refractivity contribution < 1.29 is 24.1 Å². The molecular formula is C37H52N6O7. The number of nitrogens with zero attached hydrogens (tertiary/aromatic N) is 6. The number of carbonyl (C=O) groups excluding carboxylic acids is 1. The number of carbonyl (C=O) groups is 1. The van der Waals surface area contributed by atoms with Crippen LogP contribution in [-0.2, 0) is 22.7 Å². The zero-order valence-corrected chi connectivity index (χ0v) is 29.6. The molecule has 2 aliphatic carbocycles. The minimum Gasteiger partial charge on any atom is -0.429 e. The molecule has 2 aliphatic heterocycles. The molecule has 4 fully saturated rings. The summed E-state index contributed by atoms with van der Waals surface area (Å²) in [6, 6.07) is 7.11. The Morgan fingerprint density at radius 2 is 1.00 bits per heavy atom. The molecule has 0 aromatic heterocycles. The van der Waals surface area contributed by atoms with E-state index in [2.05, 4.69) is 33.4 Å². The smallest absolute Gasteiger partial charge is 0.429 e. The highest BCUT2D eigenvalue weighted by atomic mass is 16.7. The molecule has 0 radical (unpaired) electrons. The van der Waals surface area contributed by atoms with E-state index in [0.717, 1.165) is 128 Å².